The molecule has 2 heterocycles. The highest BCUT2D eigenvalue weighted by molar-refractivity contribution is 7.90. The number of amides is 2. The van der Waals surface area contributed by atoms with Crippen LogP contribution in [0, 0.1) is 5.82 Å². The van der Waals surface area contributed by atoms with E-state index in [-0.39, 0.29) is 17.0 Å². The van der Waals surface area contributed by atoms with Crippen LogP contribution in [-0.2, 0) is 10.0 Å². The Morgan fingerprint density at radius 3 is 2.41 bits per heavy atom. The molecule has 37 heavy (non-hydrogen) atoms. The second-order valence-corrected chi connectivity index (χ2v) is 10.4. The number of urea groups is 1. The van der Waals surface area contributed by atoms with Gasteiger partial charge < -0.3 is 25.6 Å². The molecule has 0 radical (unpaired) electrons. The molecule has 0 spiro atoms. The van der Waals surface area contributed by atoms with Crippen LogP contribution in [0.15, 0.2) is 52.9 Å². The number of carbonyl (C=O) groups is 3. The fraction of sp³-hybridized carbons (Fsp3) is 0.0455. The van der Waals surface area contributed by atoms with Crippen LogP contribution >= 0.6 is 22.9 Å². The minimum atomic E-state index is -4.37. The van der Waals surface area contributed by atoms with Crippen LogP contribution in [0.4, 0.5) is 20.6 Å². The van der Waals surface area contributed by atoms with Gasteiger partial charge in [-0.15, -0.1) is 11.3 Å². The smallest absolute Gasteiger partial charge is 0.346 e. The van der Waals surface area contributed by atoms with Gasteiger partial charge in [-0.3, -0.25) is 0 Å². The minimum Gasteiger partial charge on any atom is -0.495 e. The number of hydrogen-bond acceptors (Lipinski definition) is 7. The van der Waals surface area contributed by atoms with E-state index in [1.54, 1.807) is 6.07 Å². The zero-order valence-electron chi connectivity index (χ0n) is 18.5. The number of nitrogens with zero attached hydrogens (tertiary/aromatic N) is 1. The third kappa shape index (κ3) is 4.81. The normalized spacial score (nSPS) is 11.3. The average molecular weight is 568 g/mol. The van der Waals surface area contributed by atoms with Crippen LogP contribution in [0.2, 0.25) is 5.02 Å². The molecule has 192 valence electrons. The molecule has 0 aliphatic heterocycles. The summed E-state index contributed by atoms with van der Waals surface area (Å²) in [6, 6.07) is 6.54. The number of hydrogen-bond donors (Lipinski definition) is 4. The van der Waals surface area contributed by atoms with E-state index in [1.807, 2.05) is 0 Å². The number of thiophene rings is 1. The molecule has 0 aliphatic carbocycles. The number of halogens is 2. The summed E-state index contributed by atoms with van der Waals surface area (Å²) in [6.07, 6.45) is 1.28. The zero-order valence-corrected chi connectivity index (χ0v) is 20.9. The number of carboxylic acid groups (broad SMARTS) is 2. The lowest BCUT2D eigenvalue weighted by Gasteiger charge is -2.15. The Bertz CT molecular complexity index is 1700. The van der Waals surface area contributed by atoms with Gasteiger partial charge >= 0.3 is 18.0 Å². The van der Waals surface area contributed by atoms with Crippen LogP contribution in [0.1, 0.15) is 20.0 Å². The number of aromatic nitrogens is 1. The lowest BCUT2D eigenvalue weighted by atomic mass is 10.2. The van der Waals surface area contributed by atoms with E-state index in [9.17, 15) is 32.3 Å². The third-order valence-corrected chi connectivity index (χ3v) is 8.02. The SMILES string of the molecule is COc1cc(F)c(NC(=O)Nc2csc(C(=O)O)c2C(=O)O)cc1S(=O)(=O)n1ccc2cc(Cl)ccc21. The first kappa shape index (κ1) is 25.9. The lowest BCUT2D eigenvalue weighted by molar-refractivity contribution is 0.0657. The van der Waals surface area contributed by atoms with E-state index in [4.69, 9.17) is 21.4 Å². The van der Waals surface area contributed by atoms with Crippen molar-refractivity contribution in [3.05, 3.63) is 69.3 Å². The minimum absolute atomic E-state index is 0.288. The Kier molecular flexibility index (Phi) is 6.82. The van der Waals surface area contributed by atoms with E-state index < -0.39 is 54.8 Å². The van der Waals surface area contributed by atoms with Crippen LogP contribution in [0.3, 0.4) is 0 Å². The van der Waals surface area contributed by atoms with Crippen LogP contribution in [-0.4, -0.2) is 47.7 Å². The zero-order chi connectivity index (χ0) is 27.1. The highest BCUT2D eigenvalue weighted by atomic mass is 35.5. The summed E-state index contributed by atoms with van der Waals surface area (Å²) in [6.45, 7) is 0. The Morgan fingerprint density at radius 2 is 1.76 bits per heavy atom. The Hall–Kier alpha value is -4.14. The Labute approximate surface area is 216 Å². The predicted octanol–water partition coefficient (Wildman–Crippen LogP) is 4.78. The van der Waals surface area contributed by atoms with Gasteiger partial charge in [-0.05, 0) is 30.3 Å². The summed E-state index contributed by atoms with van der Waals surface area (Å²) in [7, 11) is -3.22. The van der Waals surface area contributed by atoms with Gasteiger partial charge in [0.2, 0.25) is 0 Å². The molecule has 0 bridgehead atoms. The van der Waals surface area contributed by atoms with Crippen molar-refractivity contribution in [3.63, 3.8) is 0 Å². The maximum absolute atomic E-state index is 14.8. The number of methoxy groups -OCH3 is 1. The average Bonchev–Trinajstić information content (AvgIpc) is 3.44. The number of ether oxygens (including phenoxy) is 1. The molecule has 2 amide bonds. The van der Waals surface area contributed by atoms with Crippen molar-refractivity contribution in [2.45, 2.75) is 4.90 Å². The highest BCUT2D eigenvalue weighted by Crippen LogP contribution is 2.34. The number of fused-ring (bicyclic) bond motifs is 1. The maximum Gasteiger partial charge on any atom is 0.346 e. The maximum atomic E-state index is 14.8. The highest BCUT2D eigenvalue weighted by Gasteiger charge is 2.27. The molecular weight excluding hydrogens is 553 g/mol. The summed E-state index contributed by atoms with van der Waals surface area (Å²) < 4.78 is 47.7. The van der Waals surface area contributed by atoms with Gasteiger partial charge in [-0.1, -0.05) is 11.6 Å². The van der Waals surface area contributed by atoms with Gasteiger partial charge in [0.25, 0.3) is 10.0 Å². The first-order valence-corrected chi connectivity index (χ1v) is 12.7. The number of carbonyl (C=O) groups excluding carboxylic acids is 1. The number of aromatic carboxylic acids is 2. The first-order chi connectivity index (χ1) is 17.4. The molecule has 2 aromatic heterocycles. The van der Waals surface area contributed by atoms with Crippen LogP contribution in [0.5, 0.6) is 5.75 Å². The second-order valence-electron chi connectivity index (χ2n) is 7.35. The van der Waals surface area contributed by atoms with Gasteiger partial charge in [-0.25, -0.2) is 31.2 Å². The predicted molar refractivity (Wildman–Crippen MR) is 133 cm³/mol. The first-order valence-electron chi connectivity index (χ1n) is 10.00. The lowest BCUT2D eigenvalue weighted by Crippen LogP contribution is -2.22. The van der Waals surface area contributed by atoms with Gasteiger partial charge in [-0.2, -0.15) is 0 Å². The van der Waals surface area contributed by atoms with Crippen LogP contribution in [0.25, 0.3) is 10.9 Å². The van der Waals surface area contributed by atoms with Gasteiger partial charge in [0.05, 0.1) is 24.0 Å². The van der Waals surface area contributed by atoms with E-state index in [0.717, 1.165) is 28.6 Å². The monoisotopic (exact) mass is 567 g/mol. The molecule has 2 aromatic carbocycles. The largest absolute Gasteiger partial charge is 0.495 e. The summed E-state index contributed by atoms with van der Waals surface area (Å²) in [5, 5.41) is 24.7. The molecule has 4 aromatic rings. The quantitative estimate of drug-likeness (QED) is 0.248. The van der Waals surface area contributed by atoms with E-state index in [2.05, 4.69) is 10.6 Å². The number of anilines is 2. The summed E-state index contributed by atoms with van der Waals surface area (Å²) in [5.74, 6) is -4.49. The molecule has 0 fully saturated rings. The van der Waals surface area contributed by atoms with Gasteiger partial charge in [0, 0.05) is 28.1 Å². The number of nitrogens with one attached hydrogen (secondary N) is 2. The van der Waals surface area contributed by atoms with E-state index in [0.29, 0.717) is 21.7 Å². The second kappa shape index (κ2) is 9.72. The van der Waals surface area contributed by atoms with Crippen molar-refractivity contribution < 1.29 is 42.1 Å². The van der Waals surface area contributed by atoms with Crippen molar-refractivity contribution in [1.29, 1.82) is 0 Å². The molecule has 4 rings (SSSR count). The molecule has 0 atom stereocenters. The molecule has 0 saturated carbocycles. The van der Waals surface area contributed by atoms with Crippen LogP contribution < -0.4 is 15.4 Å². The Morgan fingerprint density at radius 1 is 1.05 bits per heavy atom. The third-order valence-electron chi connectivity index (χ3n) is 5.10. The summed E-state index contributed by atoms with van der Waals surface area (Å²) in [5.41, 5.74) is -1.28. The number of carboxylic acids is 2. The number of benzene rings is 2. The molecule has 0 saturated heterocycles. The fourth-order valence-corrected chi connectivity index (χ4v) is 6.02. The van der Waals surface area contributed by atoms with E-state index in [1.165, 1.54) is 24.4 Å². The Balaban J connectivity index is 1.71. The van der Waals surface area contributed by atoms with Crippen molar-refractivity contribution in [3.8, 4) is 5.75 Å². The van der Waals surface area contributed by atoms with Crippen molar-refractivity contribution >= 4 is 73.2 Å². The molecular formula is C22H15ClFN3O8S2. The standard InChI is InChI=1S/C22H15ClFN3O8S2/c1-35-16-7-12(24)13(25-22(32)26-14-9-36-19(21(30)31)18(14)20(28)29)8-17(16)37(33,34)27-5-4-10-6-11(23)2-3-15(10)27/h2-9H,1H3,(H,28,29)(H,30,31)(H2,25,26,32). The molecule has 0 aliphatic rings. The van der Waals surface area contributed by atoms with E-state index >= 15 is 0 Å². The fourth-order valence-electron chi connectivity index (χ4n) is 3.49. The summed E-state index contributed by atoms with van der Waals surface area (Å²) in [4.78, 5) is 34.2. The summed E-state index contributed by atoms with van der Waals surface area (Å²) >= 11 is 6.54. The molecule has 11 nitrogen and oxygen atoms in total. The van der Waals surface area contributed by atoms with Gasteiger partial charge in [0.1, 0.15) is 21.1 Å². The molecule has 4 N–H and O–H groups in total. The molecule has 0 unspecified atom stereocenters. The number of rotatable bonds is 7. The van der Waals surface area contributed by atoms with Crippen molar-refractivity contribution in [1.82, 2.24) is 3.97 Å². The van der Waals surface area contributed by atoms with Crippen molar-refractivity contribution in [2.24, 2.45) is 0 Å². The van der Waals surface area contributed by atoms with Crippen molar-refractivity contribution in [2.75, 3.05) is 17.7 Å². The topological polar surface area (TPSA) is 164 Å². The molecule has 15 heteroatoms. The van der Waals surface area contributed by atoms with Gasteiger partial charge in [0.15, 0.2) is 5.82 Å².